The quantitative estimate of drug-likeness (QED) is 0.867. The summed E-state index contributed by atoms with van der Waals surface area (Å²) in [6.45, 7) is 6.86. The van der Waals surface area contributed by atoms with Gasteiger partial charge in [-0.25, -0.2) is 8.42 Å². The lowest BCUT2D eigenvalue weighted by molar-refractivity contribution is 0.0974. The summed E-state index contributed by atoms with van der Waals surface area (Å²) in [5, 5.41) is 10.1. The lowest BCUT2D eigenvalue weighted by atomic mass is 9.94. The summed E-state index contributed by atoms with van der Waals surface area (Å²) in [5.41, 5.74) is 0.0369. The van der Waals surface area contributed by atoms with Crippen LogP contribution in [0.1, 0.15) is 59.3 Å². The van der Waals surface area contributed by atoms with Crippen LogP contribution in [0.15, 0.2) is 0 Å². The summed E-state index contributed by atoms with van der Waals surface area (Å²) < 4.78 is 26.9. The van der Waals surface area contributed by atoms with Crippen LogP contribution in [0, 0.1) is 11.3 Å². The van der Waals surface area contributed by atoms with Gasteiger partial charge in [0, 0.05) is 18.5 Å². The van der Waals surface area contributed by atoms with Crippen LogP contribution in [-0.2, 0) is 10.0 Å². The highest BCUT2D eigenvalue weighted by Gasteiger charge is 2.42. The molecule has 1 aliphatic carbocycles. The number of hydrogen-bond donors (Lipinski definition) is 1. The van der Waals surface area contributed by atoms with Gasteiger partial charge in [-0.1, -0.05) is 27.2 Å². The summed E-state index contributed by atoms with van der Waals surface area (Å²) in [4.78, 5) is 0. The van der Waals surface area contributed by atoms with Gasteiger partial charge in [-0.15, -0.1) is 0 Å². The lowest BCUT2D eigenvalue weighted by Crippen LogP contribution is -2.43. The standard InChI is InChI=1S/C15H29NO3S/c1-15(2,3)9-11-20(18,19)16-10-5-7-13(16)12-6-4-8-14(12)17/h12-14,17H,4-11H2,1-3H3. The van der Waals surface area contributed by atoms with Gasteiger partial charge in [0.05, 0.1) is 11.9 Å². The zero-order chi connectivity index (χ0) is 15.0. The molecule has 0 aromatic rings. The molecule has 20 heavy (non-hydrogen) atoms. The van der Waals surface area contributed by atoms with E-state index in [0.29, 0.717) is 13.0 Å². The summed E-state index contributed by atoms with van der Waals surface area (Å²) in [6.07, 6.45) is 5.05. The van der Waals surface area contributed by atoms with E-state index >= 15 is 0 Å². The number of nitrogens with zero attached hydrogens (tertiary/aromatic N) is 1. The Bertz CT molecular complexity index is 427. The van der Waals surface area contributed by atoms with Crippen molar-refractivity contribution in [2.75, 3.05) is 12.3 Å². The van der Waals surface area contributed by atoms with Crippen molar-refractivity contribution in [3.63, 3.8) is 0 Å². The Morgan fingerprint density at radius 2 is 1.85 bits per heavy atom. The van der Waals surface area contributed by atoms with Crippen LogP contribution in [-0.4, -0.2) is 42.3 Å². The van der Waals surface area contributed by atoms with E-state index < -0.39 is 10.0 Å². The average molecular weight is 303 g/mol. The molecule has 3 atom stereocenters. The van der Waals surface area contributed by atoms with E-state index in [9.17, 15) is 13.5 Å². The van der Waals surface area contributed by atoms with Gasteiger partial charge >= 0.3 is 0 Å². The van der Waals surface area contributed by atoms with Gasteiger partial charge in [0.25, 0.3) is 0 Å². The first-order valence-electron chi connectivity index (χ1n) is 7.88. The second-order valence-corrected chi connectivity index (χ2v) is 9.65. The molecule has 1 aliphatic heterocycles. The molecule has 4 nitrogen and oxygen atoms in total. The normalized spacial score (nSPS) is 32.9. The maximum absolute atomic E-state index is 12.6. The van der Waals surface area contributed by atoms with Crippen molar-refractivity contribution in [1.82, 2.24) is 4.31 Å². The van der Waals surface area contributed by atoms with E-state index in [1.807, 2.05) is 0 Å². The zero-order valence-electron chi connectivity index (χ0n) is 13.0. The molecular formula is C15H29NO3S. The topological polar surface area (TPSA) is 57.6 Å². The van der Waals surface area contributed by atoms with E-state index in [4.69, 9.17) is 0 Å². The first-order valence-corrected chi connectivity index (χ1v) is 9.49. The first kappa shape index (κ1) is 16.2. The summed E-state index contributed by atoms with van der Waals surface area (Å²) in [5.74, 6) is 0.387. The Morgan fingerprint density at radius 1 is 1.15 bits per heavy atom. The van der Waals surface area contributed by atoms with Crippen LogP contribution in [0.2, 0.25) is 0 Å². The summed E-state index contributed by atoms with van der Waals surface area (Å²) in [6, 6.07) is 0.0393. The molecule has 3 unspecified atom stereocenters. The van der Waals surface area contributed by atoms with Gasteiger partial charge in [0.2, 0.25) is 10.0 Å². The molecule has 0 bridgehead atoms. The highest BCUT2D eigenvalue weighted by atomic mass is 32.2. The summed E-state index contributed by atoms with van der Waals surface area (Å²) in [7, 11) is -3.18. The van der Waals surface area contributed by atoms with Crippen molar-refractivity contribution in [3.8, 4) is 0 Å². The van der Waals surface area contributed by atoms with E-state index in [1.54, 1.807) is 4.31 Å². The number of aliphatic hydroxyl groups is 1. The zero-order valence-corrected chi connectivity index (χ0v) is 13.8. The SMILES string of the molecule is CC(C)(C)CCS(=O)(=O)N1CCCC1C1CCCC1O. The second kappa shape index (κ2) is 5.93. The Kier molecular flexibility index (Phi) is 4.82. The predicted molar refractivity (Wildman–Crippen MR) is 80.9 cm³/mol. The second-order valence-electron chi connectivity index (χ2n) is 7.61. The third-order valence-electron chi connectivity index (χ3n) is 4.74. The molecule has 0 spiro atoms. The lowest BCUT2D eigenvalue weighted by Gasteiger charge is -2.31. The molecule has 1 saturated heterocycles. The van der Waals surface area contributed by atoms with E-state index in [-0.39, 0.29) is 29.2 Å². The Hall–Kier alpha value is -0.130. The first-order chi connectivity index (χ1) is 9.21. The highest BCUT2D eigenvalue weighted by molar-refractivity contribution is 7.89. The molecule has 1 saturated carbocycles. The van der Waals surface area contributed by atoms with Crippen LogP contribution in [0.5, 0.6) is 0 Å². The van der Waals surface area contributed by atoms with E-state index in [1.165, 1.54) is 0 Å². The number of sulfonamides is 1. The van der Waals surface area contributed by atoms with Crippen molar-refractivity contribution in [3.05, 3.63) is 0 Å². The van der Waals surface area contributed by atoms with Crippen LogP contribution in [0.3, 0.4) is 0 Å². The van der Waals surface area contributed by atoms with Gasteiger partial charge in [-0.05, 0) is 37.5 Å². The smallest absolute Gasteiger partial charge is 0.214 e. The summed E-state index contributed by atoms with van der Waals surface area (Å²) >= 11 is 0. The van der Waals surface area contributed by atoms with Crippen molar-refractivity contribution < 1.29 is 13.5 Å². The molecule has 1 heterocycles. The minimum Gasteiger partial charge on any atom is -0.393 e. The third-order valence-corrected chi connectivity index (χ3v) is 6.63. The van der Waals surface area contributed by atoms with Gasteiger partial charge in [0.1, 0.15) is 0 Å². The van der Waals surface area contributed by atoms with Crippen LogP contribution < -0.4 is 0 Å². The fraction of sp³-hybridized carbons (Fsp3) is 1.00. The van der Waals surface area contributed by atoms with Crippen molar-refractivity contribution >= 4 is 10.0 Å². The number of rotatable bonds is 4. The Labute approximate surface area is 123 Å². The Balaban J connectivity index is 2.06. The maximum atomic E-state index is 12.6. The molecule has 0 radical (unpaired) electrons. The van der Waals surface area contributed by atoms with Gasteiger partial charge in [0.15, 0.2) is 0 Å². The monoisotopic (exact) mass is 303 g/mol. The highest BCUT2D eigenvalue weighted by Crippen LogP contribution is 2.37. The molecule has 118 valence electrons. The molecule has 2 rings (SSSR count). The Morgan fingerprint density at radius 3 is 2.40 bits per heavy atom. The fourth-order valence-corrected chi connectivity index (χ4v) is 5.70. The minimum atomic E-state index is -3.18. The van der Waals surface area contributed by atoms with Gasteiger partial charge < -0.3 is 5.11 Å². The largest absolute Gasteiger partial charge is 0.393 e. The van der Waals surface area contributed by atoms with Crippen LogP contribution in [0.25, 0.3) is 0 Å². The van der Waals surface area contributed by atoms with E-state index in [0.717, 1.165) is 32.1 Å². The van der Waals surface area contributed by atoms with Crippen molar-refractivity contribution in [2.24, 2.45) is 11.3 Å². The molecule has 0 amide bonds. The number of aliphatic hydroxyl groups excluding tert-OH is 1. The minimum absolute atomic E-state index is 0.0369. The average Bonchev–Trinajstić information content (AvgIpc) is 2.93. The van der Waals surface area contributed by atoms with Gasteiger partial charge in [-0.2, -0.15) is 4.31 Å². The van der Waals surface area contributed by atoms with Crippen molar-refractivity contribution in [2.45, 2.75) is 71.4 Å². The van der Waals surface area contributed by atoms with Crippen LogP contribution in [0.4, 0.5) is 0 Å². The van der Waals surface area contributed by atoms with Crippen LogP contribution >= 0.6 is 0 Å². The van der Waals surface area contributed by atoms with Crippen molar-refractivity contribution in [1.29, 1.82) is 0 Å². The molecule has 5 heteroatoms. The molecule has 0 aromatic carbocycles. The molecule has 2 aliphatic rings. The third kappa shape index (κ3) is 3.74. The predicted octanol–water partition coefficient (Wildman–Crippen LogP) is 2.38. The molecule has 1 N–H and O–H groups in total. The molecule has 0 aromatic heterocycles. The molecular weight excluding hydrogens is 274 g/mol. The fourth-order valence-electron chi connectivity index (χ4n) is 3.51. The van der Waals surface area contributed by atoms with Gasteiger partial charge in [-0.3, -0.25) is 0 Å². The maximum Gasteiger partial charge on any atom is 0.214 e. The number of hydrogen-bond acceptors (Lipinski definition) is 3. The molecule has 2 fully saturated rings. The van der Waals surface area contributed by atoms with E-state index in [2.05, 4.69) is 20.8 Å².